The van der Waals surface area contributed by atoms with E-state index in [9.17, 15) is 22.4 Å². The monoisotopic (exact) mass is 399 g/mol. The second-order valence-corrected chi connectivity index (χ2v) is 6.16. The Bertz CT molecular complexity index is 839. The number of hydrogen-bond acceptors (Lipinski definition) is 6. The maximum Gasteiger partial charge on any atom is 0.422 e. The summed E-state index contributed by atoms with van der Waals surface area (Å²) < 4.78 is 61.0. The Kier molecular flexibility index (Phi) is 6.20. The highest BCUT2D eigenvalue weighted by molar-refractivity contribution is 5.95. The molecule has 1 N–H and O–H groups in total. The third kappa shape index (κ3) is 5.46. The molecule has 1 saturated heterocycles. The lowest BCUT2D eigenvalue weighted by Gasteiger charge is -2.24. The molecule has 1 aromatic carbocycles. The first-order valence-electron chi connectivity index (χ1n) is 8.47. The Labute approximate surface area is 157 Å². The molecule has 0 bridgehead atoms. The number of alkyl halides is 3. The molecule has 0 aliphatic carbocycles. The lowest BCUT2D eigenvalue weighted by molar-refractivity contribution is -0.154. The smallest absolute Gasteiger partial charge is 0.422 e. The van der Waals surface area contributed by atoms with Crippen molar-refractivity contribution in [2.75, 3.05) is 26.3 Å². The maximum atomic E-state index is 14.4. The Morgan fingerprint density at radius 3 is 2.82 bits per heavy atom. The van der Waals surface area contributed by atoms with Crippen LogP contribution in [0.2, 0.25) is 0 Å². The van der Waals surface area contributed by atoms with Gasteiger partial charge in [-0.05, 0) is 17.2 Å². The van der Waals surface area contributed by atoms with Crippen molar-refractivity contribution >= 4 is 5.78 Å². The third-order valence-corrected chi connectivity index (χ3v) is 4.01. The summed E-state index contributed by atoms with van der Waals surface area (Å²) in [6.45, 7) is 0.280. The predicted octanol–water partition coefficient (Wildman–Crippen LogP) is 2.64. The quantitative estimate of drug-likeness (QED) is 0.595. The fourth-order valence-corrected chi connectivity index (χ4v) is 2.66. The van der Waals surface area contributed by atoms with Crippen LogP contribution in [0.15, 0.2) is 30.6 Å². The van der Waals surface area contributed by atoms with Crippen LogP contribution in [-0.2, 0) is 11.2 Å². The van der Waals surface area contributed by atoms with Crippen LogP contribution in [0.5, 0.6) is 5.88 Å². The third-order valence-electron chi connectivity index (χ3n) is 4.01. The first-order chi connectivity index (χ1) is 13.3. The minimum Gasteiger partial charge on any atom is -0.467 e. The number of benzene rings is 1. The topological polar surface area (TPSA) is 73.3 Å². The largest absolute Gasteiger partial charge is 0.467 e. The van der Waals surface area contributed by atoms with E-state index in [-0.39, 0.29) is 23.8 Å². The molecule has 1 aliphatic rings. The number of hydrogen-bond donors (Lipinski definition) is 1. The van der Waals surface area contributed by atoms with Gasteiger partial charge >= 0.3 is 6.18 Å². The van der Waals surface area contributed by atoms with Crippen LogP contribution in [-0.4, -0.2) is 48.2 Å². The van der Waals surface area contributed by atoms with Crippen molar-refractivity contribution in [3.05, 3.63) is 53.2 Å². The van der Waals surface area contributed by atoms with Crippen LogP contribution in [0.3, 0.4) is 0 Å². The van der Waals surface area contributed by atoms with Gasteiger partial charge in [-0.1, -0.05) is 12.1 Å². The van der Waals surface area contributed by atoms with Crippen molar-refractivity contribution in [1.29, 1.82) is 0 Å². The van der Waals surface area contributed by atoms with Gasteiger partial charge < -0.3 is 14.8 Å². The van der Waals surface area contributed by atoms with E-state index in [2.05, 4.69) is 20.0 Å². The number of halogens is 4. The van der Waals surface area contributed by atoms with Crippen molar-refractivity contribution in [2.45, 2.75) is 18.7 Å². The molecule has 0 radical (unpaired) electrons. The summed E-state index contributed by atoms with van der Waals surface area (Å²) in [6.07, 6.45) is -3.05. The lowest BCUT2D eigenvalue weighted by atomic mass is 10.0. The van der Waals surface area contributed by atoms with Gasteiger partial charge in [-0.15, -0.1) is 0 Å². The second kappa shape index (κ2) is 8.61. The molecule has 3 rings (SSSR count). The van der Waals surface area contributed by atoms with E-state index in [1.165, 1.54) is 12.1 Å². The molecular weight excluding hydrogens is 382 g/mol. The standard InChI is InChI=1S/C18H17F4N3O3/c19-13-5-12(16-8-23-3-4-27-16)2-1-11(13)6-15(26)14-7-24-9-17(25-14)28-10-18(20,21)22/h1-2,5,7,9,16,23H,3-4,6,8,10H2/t16-/m1/s1. The van der Waals surface area contributed by atoms with Crippen molar-refractivity contribution in [2.24, 2.45) is 0 Å². The summed E-state index contributed by atoms with van der Waals surface area (Å²) in [6, 6.07) is 4.48. The normalized spacial score (nSPS) is 17.4. The Balaban J connectivity index is 1.67. The highest BCUT2D eigenvalue weighted by Gasteiger charge is 2.29. The summed E-state index contributed by atoms with van der Waals surface area (Å²) in [4.78, 5) is 19.7. The summed E-state index contributed by atoms with van der Waals surface area (Å²) in [5.41, 5.74) is 0.590. The van der Waals surface area contributed by atoms with Crippen LogP contribution < -0.4 is 10.1 Å². The van der Waals surface area contributed by atoms with Gasteiger partial charge in [0.25, 0.3) is 0 Å². The molecule has 2 aromatic rings. The van der Waals surface area contributed by atoms with Gasteiger partial charge in [0.15, 0.2) is 12.4 Å². The molecule has 0 saturated carbocycles. The molecule has 0 unspecified atom stereocenters. The number of ketones is 1. The van der Waals surface area contributed by atoms with Gasteiger partial charge in [0.1, 0.15) is 11.5 Å². The minimum absolute atomic E-state index is 0.140. The average Bonchev–Trinajstić information content (AvgIpc) is 2.68. The molecule has 0 spiro atoms. The van der Waals surface area contributed by atoms with Gasteiger partial charge in [0.05, 0.1) is 25.1 Å². The number of rotatable bonds is 6. The number of nitrogens with one attached hydrogen (secondary N) is 1. The van der Waals surface area contributed by atoms with Crippen molar-refractivity contribution in [3.8, 4) is 5.88 Å². The molecule has 150 valence electrons. The van der Waals surface area contributed by atoms with Crippen LogP contribution in [0, 0.1) is 5.82 Å². The van der Waals surface area contributed by atoms with Gasteiger partial charge in [-0.2, -0.15) is 13.2 Å². The fourth-order valence-electron chi connectivity index (χ4n) is 2.66. The highest BCUT2D eigenvalue weighted by atomic mass is 19.4. The fraction of sp³-hybridized carbons (Fsp3) is 0.389. The number of carbonyl (C=O) groups is 1. The van der Waals surface area contributed by atoms with Crippen LogP contribution in [0.1, 0.15) is 27.7 Å². The molecular formula is C18H17F4N3O3. The first-order valence-corrected chi connectivity index (χ1v) is 8.47. The van der Waals surface area contributed by atoms with Crippen molar-refractivity contribution in [3.63, 3.8) is 0 Å². The summed E-state index contributed by atoms with van der Waals surface area (Å²) >= 11 is 0. The van der Waals surface area contributed by atoms with Crippen molar-refractivity contribution < 1.29 is 31.8 Å². The Morgan fingerprint density at radius 1 is 1.32 bits per heavy atom. The Morgan fingerprint density at radius 2 is 2.14 bits per heavy atom. The molecule has 2 heterocycles. The molecule has 1 aliphatic heterocycles. The maximum absolute atomic E-state index is 14.4. The zero-order valence-electron chi connectivity index (χ0n) is 14.6. The summed E-state index contributed by atoms with van der Waals surface area (Å²) in [7, 11) is 0. The number of Topliss-reactive ketones (excluding diaryl/α,β-unsaturated/α-hetero) is 1. The highest BCUT2D eigenvalue weighted by Crippen LogP contribution is 2.22. The zero-order chi connectivity index (χ0) is 20.1. The van der Waals surface area contributed by atoms with E-state index < -0.39 is 30.3 Å². The van der Waals surface area contributed by atoms with Crippen LogP contribution in [0.4, 0.5) is 17.6 Å². The number of aromatic nitrogens is 2. The molecule has 1 aromatic heterocycles. The Hall–Kier alpha value is -2.59. The molecule has 1 atom stereocenters. The predicted molar refractivity (Wildman–Crippen MR) is 89.6 cm³/mol. The molecule has 10 heteroatoms. The van der Waals surface area contributed by atoms with Gasteiger partial charge in [0.2, 0.25) is 5.88 Å². The molecule has 1 fully saturated rings. The summed E-state index contributed by atoms with van der Waals surface area (Å²) in [5, 5.41) is 3.15. The average molecular weight is 399 g/mol. The van der Waals surface area contributed by atoms with E-state index in [1.54, 1.807) is 6.07 Å². The lowest BCUT2D eigenvalue weighted by Crippen LogP contribution is -2.33. The minimum atomic E-state index is -4.54. The SMILES string of the molecule is O=C(Cc1ccc([C@H]2CNCCO2)cc1F)c1cncc(OCC(F)(F)F)n1. The number of ether oxygens (including phenoxy) is 2. The van der Waals surface area contributed by atoms with E-state index >= 15 is 0 Å². The van der Waals surface area contributed by atoms with E-state index in [0.29, 0.717) is 18.7 Å². The second-order valence-electron chi connectivity index (χ2n) is 6.16. The number of carbonyl (C=O) groups excluding carboxylic acids is 1. The van der Waals surface area contributed by atoms with Crippen molar-refractivity contribution in [1.82, 2.24) is 15.3 Å². The molecule has 28 heavy (non-hydrogen) atoms. The van der Waals surface area contributed by atoms with Gasteiger partial charge in [-0.25, -0.2) is 9.37 Å². The van der Waals surface area contributed by atoms with Crippen LogP contribution >= 0.6 is 0 Å². The van der Waals surface area contributed by atoms with Gasteiger partial charge in [-0.3, -0.25) is 9.78 Å². The van der Waals surface area contributed by atoms with Crippen LogP contribution in [0.25, 0.3) is 0 Å². The van der Waals surface area contributed by atoms with E-state index in [1.807, 2.05) is 0 Å². The zero-order valence-corrected chi connectivity index (χ0v) is 14.6. The van der Waals surface area contributed by atoms with E-state index in [4.69, 9.17) is 4.74 Å². The van der Waals surface area contributed by atoms with E-state index in [0.717, 1.165) is 18.9 Å². The number of morpholine rings is 1. The first kappa shape index (κ1) is 20.2. The number of nitrogens with zero attached hydrogens (tertiary/aromatic N) is 2. The summed E-state index contributed by atoms with van der Waals surface area (Å²) in [5.74, 6) is -1.59. The molecule has 6 nitrogen and oxygen atoms in total. The molecule has 0 amide bonds. The van der Waals surface area contributed by atoms with Gasteiger partial charge in [0, 0.05) is 19.5 Å².